The molecule has 0 radical (unpaired) electrons. The monoisotopic (exact) mass is 547 g/mol. The van der Waals surface area contributed by atoms with Crippen molar-refractivity contribution in [3.05, 3.63) is 71.5 Å². The maximum Gasteiger partial charge on any atom is 0.511 e. The predicted octanol–water partition coefficient (Wildman–Crippen LogP) is 8.72. The largest absolute Gasteiger partial charge is 0.511 e. The molecule has 0 atom stereocenters. The first-order valence-electron chi connectivity index (χ1n) is 14.2. The molecule has 0 unspecified atom stereocenters. The summed E-state index contributed by atoms with van der Waals surface area (Å²) in [6, 6.07) is 17.4. The van der Waals surface area contributed by atoms with E-state index in [1.54, 1.807) is 6.07 Å². The maximum absolute atomic E-state index is 14.6. The number of rotatable bonds is 10. The van der Waals surface area contributed by atoms with E-state index in [1.807, 2.05) is 18.2 Å². The van der Waals surface area contributed by atoms with Gasteiger partial charge in [-0.25, -0.2) is 9.18 Å². The van der Waals surface area contributed by atoms with Crippen molar-refractivity contribution in [1.29, 1.82) is 0 Å². The standard InChI is InChI=1S/C34H42FNO4/c1-22(2)36-17-7-8-18-39-30-13-10-23(24-11-14-31(29(35)21-24)40-32(37)38)19-26(30)25-9-12-27-28(20-25)34(5,6)16-15-33(27,3)4/h9-14,19-22,36H,7-8,15-18H2,1-6H3,(H,37,38). The van der Waals surface area contributed by atoms with Gasteiger partial charge in [-0.3, -0.25) is 0 Å². The lowest BCUT2D eigenvalue weighted by molar-refractivity contribution is 0.142. The number of hydrogen-bond donors (Lipinski definition) is 2. The topological polar surface area (TPSA) is 67.8 Å². The van der Waals surface area contributed by atoms with Crippen molar-refractivity contribution in [1.82, 2.24) is 5.32 Å². The first-order valence-corrected chi connectivity index (χ1v) is 14.2. The summed E-state index contributed by atoms with van der Waals surface area (Å²) in [5.74, 6) is -0.253. The molecule has 214 valence electrons. The van der Waals surface area contributed by atoms with Crippen LogP contribution in [0.1, 0.15) is 78.4 Å². The first-order chi connectivity index (χ1) is 18.9. The van der Waals surface area contributed by atoms with Gasteiger partial charge in [0.25, 0.3) is 0 Å². The number of hydrogen-bond acceptors (Lipinski definition) is 4. The smallest absolute Gasteiger partial charge is 0.493 e. The molecule has 1 aliphatic rings. The summed E-state index contributed by atoms with van der Waals surface area (Å²) < 4.78 is 25.5. The van der Waals surface area contributed by atoms with E-state index < -0.39 is 12.0 Å². The molecule has 0 spiro atoms. The number of unbranched alkanes of at least 4 members (excludes halogenated alkanes) is 1. The van der Waals surface area contributed by atoms with Gasteiger partial charge in [0.05, 0.1) is 6.61 Å². The minimum Gasteiger partial charge on any atom is -0.493 e. The zero-order chi connectivity index (χ0) is 29.1. The zero-order valence-electron chi connectivity index (χ0n) is 24.6. The van der Waals surface area contributed by atoms with Crippen LogP contribution in [0.2, 0.25) is 0 Å². The highest BCUT2D eigenvalue weighted by Gasteiger charge is 2.37. The molecule has 40 heavy (non-hydrogen) atoms. The molecule has 0 fully saturated rings. The van der Waals surface area contributed by atoms with Gasteiger partial charge in [-0.15, -0.1) is 0 Å². The summed E-state index contributed by atoms with van der Waals surface area (Å²) in [5.41, 5.74) is 6.38. The van der Waals surface area contributed by atoms with Gasteiger partial charge >= 0.3 is 6.16 Å². The second-order valence-electron chi connectivity index (χ2n) is 12.4. The Morgan fingerprint density at radius 3 is 2.15 bits per heavy atom. The molecule has 0 aliphatic heterocycles. The summed E-state index contributed by atoms with van der Waals surface area (Å²) in [7, 11) is 0. The lowest BCUT2D eigenvalue weighted by Crippen LogP contribution is -2.33. The minimum atomic E-state index is -1.55. The SMILES string of the molecule is CC(C)NCCCCOc1ccc(-c2ccc(OC(=O)O)c(F)c2)cc1-c1ccc2c(c1)C(C)(C)CCC2(C)C. The number of fused-ring (bicyclic) bond motifs is 1. The molecule has 0 saturated heterocycles. The number of ether oxygens (including phenoxy) is 2. The van der Waals surface area contributed by atoms with Crippen LogP contribution >= 0.6 is 0 Å². The molecule has 0 amide bonds. The van der Waals surface area contributed by atoms with Crippen LogP contribution in [0.15, 0.2) is 54.6 Å². The molecule has 3 aromatic rings. The number of benzene rings is 3. The Balaban J connectivity index is 1.71. The van der Waals surface area contributed by atoms with Gasteiger partial charge in [0, 0.05) is 11.6 Å². The van der Waals surface area contributed by atoms with E-state index in [-0.39, 0.29) is 16.6 Å². The third-order valence-electron chi connectivity index (χ3n) is 7.99. The summed E-state index contributed by atoms with van der Waals surface area (Å²) in [5, 5.41) is 12.3. The van der Waals surface area contributed by atoms with Crippen molar-refractivity contribution in [2.75, 3.05) is 13.2 Å². The Kier molecular flexibility index (Phi) is 8.89. The summed E-state index contributed by atoms with van der Waals surface area (Å²) in [6.07, 6.45) is 2.68. The van der Waals surface area contributed by atoms with E-state index in [0.717, 1.165) is 54.7 Å². The highest BCUT2D eigenvalue weighted by atomic mass is 19.1. The van der Waals surface area contributed by atoms with Crippen molar-refractivity contribution >= 4 is 6.16 Å². The Morgan fingerprint density at radius 1 is 0.875 bits per heavy atom. The van der Waals surface area contributed by atoms with E-state index in [2.05, 4.69) is 69.8 Å². The van der Waals surface area contributed by atoms with Crippen LogP contribution in [0.25, 0.3) is 22.3 Å². The van der Waals surface area contributed by atoms with Crippen LogP contribution in [-0.4, -0.2) is 30.5 Å². The van der Waals surface area contributed by atoms with E-state index in [9.17, 15) is 9.18 Å². The molecule has 0 saturated carbocycles. The lowest BCUT2D eigenvalue weighted by atomic mass is 9.63. The normalized spacial score (nSPS) is 15.5. The van der Waals surface area contributed by atoms with Crippen molar-refractivity contribution in [2.24, 2.45) is 0 Å². The van der Waals surface area contributed by atoms with Gasteiger partial charge < -0.3 is 19.9 Å². The Morgan fingerprint density at radius 2 is 1.50 bits per heavy atom. The van der Waals surface area contributed by atoms with Crippen molar-refractivity contribution in [3.63, 3.8) is 0 Å². The Labute approximate surface area is 237 Å². The average Bonchev–Trinajstić information content (AvgIpc) is 2.89. The first kappa shape index (κ1) is 29.6. The van der Waals surface area contributed by atoms with Crippen LogP contribution in [0.3, 0.4) is 0 Å². The van der Waals surface area contributed by atoms with E-state index >= 15 is 0 Å². The summed E-state index contributed by atoms with van der Waals surface area (Å²) in [6.45, 7) is 15.1. The molecule has 0 heterocycles. The van der Waals surface area contributed by atoms with Crippen molar-refractivity contribution in [3.8, 4) is 33.8 Å². The van der Waals surface area contributed by atoms with Gasteiger partial charge in [0.2, 0.25) is 0 Å². The molecule has 1 aliphatic carbocycles. The third-order valence-corrected chi connectivity index (χ3v) is 7.99. The van der Waals surface area contributed by atoms with E-state index in [1.165, 1.54) is 23.3 Å². The molecule has 3 aromatic carbocycles. The van der Waals surface area contributed by atoms with Gasteiger partial charge in [-0.05, 0) is 95.1 Å². The fourth-order valence-electron chi connectivity index (χ4n) is 5.47. The summed E-state index contributed by atoms with van der Waals surface area (Å²) in [4.78, 5) is 10.9. The van der Waals surface area contributed by atoms with E-state index in [0.29, 0.717) is 18.2 Å². The fourth-order valence-corrected chi connectivity index (χ4v) is 5.47. The number of halogens is 1. The second kappa shape index (κ2) is 12.0. The highest BCUT2D eigenvalue weighted by molar-refractivity contribution is 5.79. The number of carbonyl (C=O) groups is 1. The second-order valence-corrected chi connectivity index (χ2v) is 12.4. The molecule has 2 N–H and O–H groups in total. The third kappa shape index (κ3) is 6.84. The van der Waals surface area contributed by atoms with Crippen LogP contribution < -0.4 is 14.8 Å². The van der Waals surface area contributed by atoms with Crippen molar-refractivity contribution in [2.45, 2.75) is 84.1 Å². The number of nitrogens with one attached hydrogen (secondary N) is 1. The Bertz CT molecular complexity index is 1360. The average molecular weight is 548 g/mol. The summed E-state index contributed by atoms with van der Waals surface area (Å²) >= 11 is 0. The minimum absolute atomic E-state index is 0.0615. The van der Waals surface area contributed by atoms with Crippen LogP contribution in [-0.2, 0) is 10.8 Å². The molecule has 4 rings (SSSR count). The zero-order valence-corrected chi connectivity index (χ0v) is 24.6. The van der Waals surface area contributed by atoms with Crippen LogP contribution in [0.4, 0.5) is 9.18 Å². The molecule has 5 nitrogen and oxygen atoms in total. The molecule has 6 heteroatoms. The van der Waals surface area contributed by atoms with Gasteiger partial charge in [-0.2, -0.15) is 0 Å². The fraction of sp³-hybridized carbons (Fsp3) is 0.441. The van der Waals surface area contributed by atoms with Crippen LogP contribution in [0.5, 0.6) is 11.5 Å². The molecular formula is C34H42FNO4. The van der Waals surface area contributed by atoms with E-state index in [4.69, 9.17) is 9.84 Å². The van der Waals surface area contributed by atoms with Gasteiger partial charge in [0.15, 0.2) is 11.6 Å². The van der Waals surface area contributed by atoms with Crippen molar-refractivity contribution < 1.29 is 23.8 Å². The predicted molar refractivity (Wildman–Crippen MR) is 159 cm³/mol. The Hall–Kier alpha value is -3.38. The molecule has 0 bridgehead atoms. The lowest BCUT2D eigenvalue weighted by Gasteiger charge is -2.42. The van der Waals surface area contributed by atoms with Gasteiger partial charge in [-0.1, -0.05) is 71.9 Å². The quantitative estimate of drug-likeness (QED) is 0.151. The van der Waals surface area contributed by atoms with Crippen LogP contribution in [0, 0.1) is 5.82 Å². The highest BCUT2D eigenvalue weighted by Crippen LogP contribution is 2.47. The molecular weight excluding hydrogens is 505 g/mol. The maximum atomic E-state index is 14.6. The van der Waals surface area contributed by atoms with Gasteiger partial charge in [0.1, 0.15) is 5.75 Å². The molecule has 0 aromatic heterocycles. The number of carboxylic acid groups (broad SMARTS) is 1.